The summed E-state index contributed by atoms with van der Waals surface area (Å²) in [6.45, 7) is -1.03. The van der Waals surface area contributed by atoms with E-state index in [2.05, 4.69) is 21.8 Å². The van der Waals surface area contributed by atoms with Gasteiger partial charge in [-0.25, -0.2) is 22.8 Å². The lowest BCUT2D eigenvalue weighted by molar-refractivity contribution is -0.135. The van der Waals surface area contributed by atoms with Crippen molar-refractivity contribution in [3.63, 3.8) is 0 Å². The van der Waals surface area contributed by atoms with E-state index in [0.29, 0.717) is 12.5 Å². The summed E-state index contributed by atoms with van der Waals surface area (Å²) < 4.78 is 70.2. The SMILES string of the molecule is FC(F)(F)CN1C[C@]2(NS1)[C@@H]1CC[C@H]2Cc2ccc(-c3ncc(N4CC(F)(F)C4)s3)cc2C1. The maximum absolute atomic E-state index is 13.2. The molecule has 1 aromatic carbocycles. The number of anilines is 1. The number of aromatic nitrogens is 1. The molecular formula is C22H23F5N4S2. The summed E-state index contributed by atoms with van der Waals surface area (Å²) in [6.07, 6.45) is 1.16. The quantitative estimate of drug-likeness (QED) is 0.463. The summed E-state index contributed by atoms with van der Waals surface area (Å²) in [5.74, 6) is -2.04. The molecule has 2 aliphatic heterocycles. The molecule has 1 N–H and O–H groups in total. The molecule has 178 valence electrons. The zero-order valence-corrected chi connectivity index (χ0v) is 19.3. The summed E-state index contributed by atoms with van der Waals surface area (Å²) in [4.78, 5) is 6.12. The molecule has 4 aliphatic rings. The van der Waals surface area contributed by atoms with Crippen molar-refractivity contribution < 1.29 is 22.0 Å². The topological polar surface area (TPSA) is 31.4 Å². The second-order valence-corrected chi connectivity index (χ2v) is 11.6. The fourth-order valence-corrected chi connectivity index (χ4v) is 8.03. The van der Waals surface area contributed by atoms with Gasteiger partial charge in [-0.1, -0.05) is 23.5 Å². The van der Waals surface area contributed by atoms with E-state index in [1.165, 1.54) is 26.8 Å². The van der Waals surface area contributed by atoms with Crippen molar-refractivity contribution in [2.75, 3.05) is 31.1 Å². The van der Waals surface area contributed by atoms with Gasteiger partial charge in [0.15, 0.2) is 0 Å². The van der Waals surface area contributed by atoms with Crippen LogP contribution in [0, 0.1) is 11.8 Å². The van der Waals surface area contributed by atoms with Gasteiger partial charge >= 0.3 is 6.18 Å². The van der Waals surface area contributed by atoms with E-state index in [4.69, 9.17) is 0 Å². The Bertz CT molecular complexity index is 1070. The van der Waals surface area contributed by atoms with E-state index in [0.717, 1.165) is 53.4 Å². The summed E-state index contributed by atoms with van der Waals surface area (Å²) >= 11 is 2.54. The van der Waals surface area contributed by atoms with Crippen LogP contribution in [0.15, 0.2) is 24.4 Å². The molecule has 0 radical (unpaired) electrons. The van der Waals surface area contributed by atoms with Crippen molar-refractivity contribution in [1.82, 2.24) is 14.0 Å². The Labute approximate surface area is 196 Å². The number of halogens is 5. The first-order valence-electron chi connectivity index (χ1n) is 11.1. The maximum Gasteiger partial charge on any atom is 0.402 e. The number of fused-ring (bicyclic) bond motifs is 1. The molecule has 11 heteroatoms. The lowest BCUT2D eigenvalue weighted by Crippen LogP contribution is -2.56. The zero-order chi connectivity index (χ0) is 23.0. The van der Waals surface area contributed by atoms with Crippen LogP contribution in [0.2, 0.25) is 0 Å². The molecule has 1 saturated carbocycles. The molecule has 33 heavy (non-hydrogen) atoms. The number of benzene rings is 1. The zero-order valence-electron chi connectivity index (χ0n) is 17.7. The number of hydrogen-bond donors (Lipinski definition) is 1. The highest BCUT2D eigenvalue weighted by Gasteiger charge is 2.56. The fraction of sp³-hybridized carbons (Fsp3) is 0.591. The number of nitrogens with zero attached hydrogens (tertiary/aromatic N) is 3. The lowest BCUT2D eigenvalue weighted by Gasteiger charge is -2.39. The highest BCUT2D eigenvalue weighted by atomic mass is 32.2. The van der Waals surface area contributed by atoms with Gasteiger partial charge in [-0.3, -0.25) is 0 Å². The molecule has 3 atom stereocenters. The minimum absolute atomic E-state index is 0.264. The molecule has 2 saturated heterocycles. The van der Waals surface area contributed by atoms with E-state index in [1.54, 1.807) is 11.1 Å². The molecule has 1 spiro atoms. The van der Waals surface area contributed by atoms with Crippen LogP contribution in [0.3, 0.4) is 0 Å². The Morgan fingerprint density at radius 1 is 1.06 bits per heavy atom. The van der Waals surface area contributed by atoms with Crippen LogP contribution in [-0.4, -0.2) is 53.1 Å². The Kier molecular flexibility index (Phi) is 5.04. The monoisotopic (exact) mass is 502 g/mol. The molecular weight excluding hydrogens is 479 g/mol. The first-order chi connectivity index (χ1) is 15.6. The molecule has 3 heterocycles. The first kappa shape index (κ1) is 22.1. The number of rotatable bonds is 3. The van der Waals surface area contributed by atoms with Gasteiger partial charge in [0.05, 0.1) is 19.3 Å². The molecule has 3 fully saturated rings. The van der Waals surface area contributed by atoms with Crippen molar-refractivity contribution in [3.8, 4) is 10.6 Å². The Hall–Kier alpha value is -1.43. The van der Waals surface area contributed by atoms with E-state index in [-0.39, 0.29) is 24.5 Å². The fourth-order valence-electron chi connectivity index (χ4n) is 5.93. The van der Waals surface area contributed by atoms with Gasteiger partial charge in [0, 0.05) is 29.8 Å². The van der Waals surface area contributed by atoms with Gasteiger partial charge in [-0.2, -0.15) is 13.2 Å². The molecule has 2 aromatic rings. The minimum atomic E-state index is -4.21. The highest BCUT2D eigenvalue weighted by Crippen LogP contribution is 2.52. The molecule has 1 aromatic heterocycles. The van der Waals surface area contributed by atoms with E-state index < -0.39 is 18.6 Å². The van der Waals surface area contributed by atoms with E-state index >= 15 is 0 Å². The van der Waals surface area contributed by atoms with Crippen molar-refractivity contribution in [2.24, 2.45) is 11.8 Å². The number of alkyl halides is 5. The summed E-state index contributed by atoms with van der Waals surface area (Å²) in [6, 6.07) is 6.30. The van der Waals surface area contributed by atoms with Crippen LogP contribution in [-0.2, 0) is 12.8 Å². The second-order valence-electron chi connectivity index (χ2n) is 9.73. The predicted molar refractivity (Wildman–Crippen MR) is 119 cm³/mol. The molecule has 4 nitrogen and oxygen atoms in total. The van der Waals surface area contributed by atoms with Crippen molar-refractivity contribution in [3.05, 3.63) is 35.5 Å². The number of nitrogens with one attached hydrogen (secondary N) is 1. The van der Waals surface area contributed by atoms with Crippen molar-refractivity contribution in [2.45, 2.75) is 43.3 Å². The lowest BCUT2D eigenvalue weighted by atomic mass is 9.79. The van der Waals surface area contributed by atoms with Crippen molar-refractivity contribution >= 4 is 28.5 Å². The smallest absolute Gasteiger partial charge is 0.350 e. The predicted octanol–water partition coefficient (Wildman–Crippen LogP) is 5.16. The van der Waals surface area contributed by atoms with E-state index in [1.807, 2.05) is 6.07 Å². The van der Waals surface area contributed by atoms with Crippen LogP contribution in [0.5, 0.6) is 0 Å². The molecule has 2 aliphatic carbocycles. The standard InChI is InChI=1S/C22H23F5N4S2/c23-20(24)9-30(10-20)18-8-28-19(32-18)14-2-1-13-6-16-3-4-17(7-15(13)5-14)21(16)11-31(33-29-21)12-22(25,26)27/h1-2,5,8,16-17,29H,3-4,6-7,9-12H2/t16-,17+,21+/m0/s1. The summed E-state index contributed by atoms with van der Waals surface area (Å²) in [5, 5.41) is 1.55. The summed E-state index contributed by atoms with van der Waals surface area (Å²) in [5.41, 5.74) is 3.15. The maximum atomic E-state index is 13.2. The van der Waals surface area contributed by atoms with Gasteiger partial charge in [0.1, 0.15) is 16.6 Å². The summed E-state index contributed by atoms with van der Waals surface area (Å²) in [7, 11) is 0. The Morgan fingerprint density at radius 2 is 1.79 bits per heavy atom. The van der Waals surface area contributed by atoms with Gasteiger partial charge in [0.2, 0.25) is 0 Å². The minimum Gasteiger partial charge on any atom is -0.350 e. The van der Waals surface area contributed by atoms with Gasteiger partial charge in [-0.05, 0) is 54.7 Å². The third kappa shape index (κ3) is 3.94. The number of hydrogen-bond acceptors (Lipinski definition) is 6. The molecule has 6 rings (SSSR count). The van der Waals surface area contributed by atoms with Crippen LogP contribution in [0.1, 0.15) is 24.0 Å². The third-order valence-corrected chi connectivity index (χ3v) is 9.61. The number of thiazole rings is 1. The van der Waals surface area contributed by atoms with Gasteiger partial charge in [-0.15, -0.1) is 0 Å². The Balaban J connectivity index is 1.22. The van der Waals surface area contributed by atoms with E-state index in [9.17, 15) is 22.0 Å². The van der Waals surface area contributed by atoms with Crippen LogP contribution in [0.4, 0.5) is 27.0 Å². The normalized spacial score (nSPS) is 31.0. The average molecular weight is 503 g/mol. The molecule has 2 bridgehead atoms. The average Bonchev–Trinajstić information content (AvgIpc) is 3.38. The second kappa shape index (κ2) is 7.53. The van der Waals surface area contributed by atoms with Crippen LogP contribution < -0.4 is 9.62 Å². The Morgan fingerprint density at radius 3 is 2.48 bits per heavy atom. The first-order valence-corrected chi connectivity index (χ1v) is 12.7. The molecule has 0 amide bonds. The molecule has 0 unspecified atom stereocenters. The van der Waals surface area contributed by atoms with Crippen LogP contribution in [0.25, 0.3) is 10.6 Å². The largest absolute Gasteiger partial charge is 0.402 e. The van der Waals surface area contributed by atoms with Crippen molar-refractivity contribution in [1.29, 1.82) is 0 Å². The third-order valence-electron chi connectivity index (χ3n) is 7.51. The van der Waals surface area contributed by atoms with Crippen LogP contribution >= 0.6 is 23.5 Å². The van der Waals surface area contributed by atoms with Gasteiger partial charge < -0.3 is 4.90 Å². The van der Waals surface area contributed by atoms with Gasteiger partial charge in [0.25, 0.3) is 5.92 Å². The highest BCUT2D eigenvalue weighted by molar-refractivity contribution is 7.95.